The van der Waals surface area contributed by atoms with E-state index in [2.05, 4.69) is 15.0 Å². The third kappa shape index (κ3) is 5.94. The highest BCUT2D eigenvalue weighted by molar-refractivity contribution is 7.13. The largest absolute Gasteiger partial charge is 0.469 e. The highest BCUT2D eigenvalue weighted by Gasteiger charge is 2.13. The predicted octanol–water partition coefficient (Wildman–Crippen LogP) is 1.80. The summed E-state index contributed by atoms with van der Waals surface area (Å²) in [4.78, 5) is 39.1. The maximum Gasteiger partial charge on any atom is 0.338 e. The van der Waals surface area contributed by atoms with Gasteiger partial charge in [0.2, 0.25) is 0 Å². The Kier molecular flexibility index (Phi) is 7.24. The van der Waals surface area contributed by atoms with Crippen LogP contribution in [0.15, 0.2) is 29.6 Å². The van der Waals surface area contributed by atoms with Crippen LogP contribution in [0, 0.1) is 0 Å². The lowest BCUT2D eigenvalue weighted by Gasteiger charge is -2.06. The summed E-state index contributed by atoms with van der Waals surface area (Å²) in [6.45, 7) is -0.0706. The standard InChI is InChI=1S/C17H18N2O6S/c1-23-8-11-4-3-5-12(6-11)16(22)25-9-14(20)19-17-18-13(10-26-17)7-15(21)24-2/h3-6,10H,7-9H2,1-2H3,(H,18,19,20). The van der Waals surface area contributed by atoms with E-state index in [9.17, 15) is 14.4 Å². The Labute approximate surface area is 154 Å². The van der Waals surface area contributed by atoms with Gasteiger partial charge in [-0.1, -0.05) is 12.1 Å². The van der Waals surface area contributed by atoms with E-state index in [1.54, 1.807) is 30.7 Å². The van der Waals surface area contributed by atoms with Gasteiger partial charge < -0.3 is 14.2 Å². The number of thiazole rings is 1. The second kappa shape index (κ2) is 9.64. The molecule has 2 aromatic rings. The Morgan fingerprint density at radius 2 is 2.04 bits per heavy atom. The summed E-state index contributed by atoms with van der Waals surface area (Å²) in [5.74, 6) is -1.55. The molecule has 0 bridgehead atoms. The van der Waals surface area contributed by atoms with Crippen molar-refractivity contribution in [2.75, 3.05) is 26.1 Å². The van der Waals surface area contributed by atoms with Gasteiger partial charge >= 0.3 is 11.9 Å². The fraction of sp³-hybridized carbons (Fsp3) is 0.294. The summed E-state index contributed by atoms with van der Waals surface area (Å²) in [7, 11) is 2.85. The number of hydrogen-bond acceptors (Lipinski definition) is 8. The summed E-state index contributed by atoms with van der Waals surface area (Å²) in [6, 6.07) is 6.77. The summed E-state index contributed by atoms with van der Waals surface area (Å²) in [5, 5.41) is 4.46. The zero-order chi connectivity index (χ0) is 18.9. The predicted molar refractivity (Wildman–Crippen MR) is 93.9 cm³/mol. The topological polar surface area (TPSA) is 104 Å². The molecule has 0 saturated carbocycles. The Hall–Kier alpha value is -2.78. The Bertz CT molecular complexity index is 789. The molecule has 0 saturated heterocycles. The molecular formula is C17H18N2O6S. The van der Waals surface area contributed by atoms with Crippen LogP contribution in [0.4, 0.5) is 5.13 Å². The van der Waals surface area contributed by atoms with Gasteiger partial charge in [-0.05, 0) is 17.7 Å². The van der Waals surface area contributed by atoms with Crippen molar-refractivity contribution in [2.45, 2.75) is 13.0 Å². The zero-order valence-corrected chi connectivity index (χ0v) is 15.1. The number of rotatable bonds is 8. The van der Waals surface area contributed by atoms with Crippen LogP contribution in [0.5, 0.6) is 0 Å². The summed E-state index contributed by atoms with van der Waals surface area (Å²) >= 11 is 1.16. The summed E-state index contributed by atoms with van der Waals surface area (Å²) < 4.78 is 14.6. The number of nitrogens with zero attached hydrogens (tertiary/aromatic N) is 1. The SMILES string of the molecule is COCc1cccc(C(=O)OCC(=O)Nc2nc(CC(=O)OC)cs2)c1. The van der Waals surface area contributed by atoms with Crippen LogP contribution in [0.1, 0.15) is 21.6 Å². The fourth-order valence-electron chi connectivity index (χ4n) is 1.99. The van der Waals surface area contributed by atoms with Gasteiger partial charge in [0.15, 0.2) is 11.7 Å². The van der Waals surface area contributed by atoms with Crippen molar-refractivity contribution >= 4 is 34.3 Å². The monoisotopic (exact) mass is 378 g/mol. The van der Waals surface area contributed by atoms with Crippen molar-refractivity contribution in [3.05, 3.63) is 46.5 Å². The fourth-order valence-corrected chi connectivity index (χ4v) is 2.72. The van der Waals surface area contributed by atoms with Crippen molar-refractivity contribution in [1.29, 1.82) is 0 Å². The quantitative estimate of drug-likeness (QED) is 0.699. The number of carbonyl (C=O) groups is 3. The minimum absolute atomic E-state index is 0.0235. The number of carbonyl (C=O) groups excluding carboxylic acids is 3. The lowest BCUT2D eigenvalue weighted by molar-refractivity contribution is -0.139. The molecule has 0 atom stereocenters. The molecule has 26 heavy (non-hydrogen) atoms. The molecule has 9 heteroatoms. The molecular weight excluding hydrogens is 360 g/mol. The van der Waals surface area contributed by atoms with Crippen molar-refractivity contribution < 1.29 is 28.6 Å². The third-order valence-corrected chi connectivity index (χ3v) is 3.97. The zero-order valence-electron chi connectivity index (χ0n) is 14.3. The maximum absolute atomic E-state index is 12.0. The summed E-state index contributed by atoms with van der Waals surface area (Å²) in [5.41, 5.74) is 1.65. The minimum atomic E-state index is -0.608. The molecule has 0 aliphatic heterocycles. The first-order chi connectivity index (χ1) is 12.5. The Balaban J connectivity index is 1.84. The summed E-state index contributed by atoms with van der Waals surface area (Å²) in [6.07, 6.45) is 0.0235. The number of nitrogens with one attached hydrogen (secondary N) is 1. The van der Waals surface area contributed by atoms with Crippen molar-refractivity contribution in [3.63, 3.8) is 0 Å². The molecule has 0 aliphatic carbocycles. The molecule has 8 nitrogen and oxygen atoms in total. The van der Waals surface area contributed by atoms with E-state index in [4.69, 9.17) is 9.47 Å². The van der Waals surface area contributed by atoms with Crippen LogP contribution in [0.3, 0.4) is 0 Å². The normalized spacial score (nSPS) is 10.2. The van der Waals surface area contributed by atoms with Crippen molar-refractivity contribution in [3.8, 4) is 0 Å². The molecule has 0 fully saturated rings. The number of methoxy groups -OCH3 is 2. The second-order valence-corrected chi connectivity index (χ2v) is 6.01. The number of esters is 2. The van der Waals surface area contributed by atoms with E-state index in [1.807, 2.05) is 6.07 Å². The van der Waals surface area contributed by atoms with Gasteiger partial charge in [-0.3, -0.25) is 14.9 Å². The van der Waals surface area contributed by atoms with Gasteiger partial charge in [-0.25, -0.2) is 9.78 Å². The van der Waals surface area contributed by atoms with E-state index in [-0.39, 0.29) is 6.42 Å². The number of hydrogen-bond donors (Lipinski definition) is 1. The van der Waals surface area contributed by atoms with Crippen LogP contribution in [0.25, 0.3) is 0 Å². The average molecular weight is 378 g/mol. The number of amides is 1. The van der Waals surface area contributed by atoms with Crippen molar-refractivity contribution in [1.82, 2.24) is 4.98 Å². The van der Waals surface area contributed by atoms with Crippen molar-refractivity contribution in [2.24, 2.45) is 0 Å². The van der Waals surface area contributed by atoms with E-state index in [1.165, 1.54) is 7.11 Å². The molecule has 1 N–H and O–H groups in total. The Morgan fingerprint density at radius 1 is 1.23 bits per heavy atom. The van der Waals surface area contributed by atoms with E-state index >= 15 is 0 Å². The molecule has 138 valence electrons. The van der Waals surface area contributed by atoms with Gasteiger partial charge in [0.25, 0.3) is 5.91 Å². The maximum atomic E-state index is 12.0. The van der Waals surface area contributed by atoms with Crippen LogP contribution in [0.2, 0.25) is 0 Å². The number of aromatic nitrogens is 1. The van der Waals surface area contributed by atoms with Crippen LogP contribution < -0.4 is 5.32 Å². The van der Waals surface area contributed by atoms with E-state index in [0.717, 1.165) is 16.9 Å². The van der Waals surface area contributed by atoms with Gasteiger partial charge in [-0.2, -0.15) is 0 Å². The van der Waals surface area contributed by atoms with E-state index in [0.29, 0.717) is 23.0 Å². The Morgan fingerprint density at radius 3 is 2.77 bits per heavy atom. The van der Waals surface area contributed by atoms with Gasteiger partial charge in [0.05, 0.1) is 31.4 Å². The number of anilines is 1. The van der Waals surface area contributed by atoms with Crippen LogP contribution in [-0.2, 0) is 36.8 Å². The third-order valence-electron chi connectivity index (χ3n) is 3.16. The van der Waals surface area contributed by atoms with Crippen LogP contribution in [-0.4, -0.2) is 43.7 Å². The first-order valence-electron chi connectivity index (χ1n) is 7.58. The molecule has 0 spiro atoms. The first-order valence-corrected chi connectivity index (χ1v) is 8.46. The van der Waals surface area contributed by atoms with E-state index < -0.39 is 24.5 Å². The highest BCUT2D eigenvalue weighted by atomic mass is 32.1. The smallest absolute Gasteiger partial charge is 0.338 e. The first kappa shape index (κ1) is 19.5. The minimum Gasteiger partial charge on any atom is -0.469 e. The molecule has 1 heterocycles. The lowest BCUT2D eigenvalue weighted by atomic mass is 10.1. The lowest BCUT2D eigenvalue weighted by Crippen LogP contribution is -2.21. The number of benzene rings is 1. The second-order valence-electron chi connectivity index (χ2n) is 5.15. The van der Waals surface area contributed by atoms with Gasteiger partial charge in [0.1, 0.15) is 0 Å². The molecule has 1 aromatic carbocycles. The molecule has 1 aromatic heterocycles. The highest BCUT2D eigenvalue weighted by Crippen LogP contribution is 2.16. The molecule has 0 aliphatic rings. The molecule has 2 rings (SSSR count). The number of ether oxygens (including phenoxy) is 3. The van der Waals surface area contributed by atoms with Crippen LogP contribution >= 0.6 is 11.3 Å². The van der Waals surface area contributed by atoms with Gasteiger partial charge in [0, 0.05) is 12.5 Å². The molecule has 0 unspecified atom stereocenters. The average Bonchev–Trinajstić information content (AvgIpc) is 3.06. The van der Waals surface area contributed by atoms with Gasteiger partial charge in [-0.15, -0.1) is 11.3 Å². The molecule has 0 radical (unpaired) electrons. The molecule has 1 amide bonds.